The summed E-state index contributed by atoms with van der Waals surface area (Å²) < 4.78 is 1.93. The summed E-state index contributed by atoms with van der Waals surface area (Å²) >= 11 is 12.1. The summed E-state index contributed by atoms with van der Waals surface area (Å²) in [6, 6.07) is 13.6. The number of piperidine rings is 2. The number of carbonyl (C=O) groups is 1. The topological polar surface area (TPSA) is 61.3 Å². The molecule has 2 aliphatic heterocycles. The molecule has 2 aromatic carbocycles. The summed E-state index contributed by atoms with van der Waals surface area (Å²) in [6.45, 7) is 3.41. The molecule has 0 unspecified atom stereocenters. The smallest absolute Gasteiger partial charge is 0.326 e. The highest BCUT2D eigenvalue weighted by Gasteiger charge is 2.31. The maximum absolute atomic E-state index is 12.9. The van der Waals surface area contributed by atoms with Crippen LogP contribution in [-0.4, -0.2) is 57.5 Å². The first kappa shape index (κ1) is 21.6. The zero-order valence-corrected chi connectivity index (χ0v) is 19.3. The van der Waals surface area contributed by atoms with Crippen molar-refractivity contribution < 1.29 is 4.79 Å². The summed E-state index contributed by atoms with van der Waals surface area (Å²) in [7, 11) is 0. The van der Waals surface area contributed by atoms with E-state index in [0.29, 0.717) is 21.7 Å². The van der Waals surface area contributed by atoms with E-state index in [2.05, 4.69) is 9.88 Å². The lowest BCUT2D eigenvalue weighted by atomic mass is 9.97. The van der Waals surface area contributed by atoms with Gasteiger partial charge in [-0.25, -0.2) is 4.79 Å². The zero-order valence-electron chi connectivity index (χ0n) is 17.8. The molecule has 0 saturated carbocycles. The van der Waals surface area contributed by atoms with Crippen molar-refractivity contribution in [2.45, 2.75) is 37.8 Å². The summed E-state index contributed by atoms with van der Waals surface area (Å²) in [6.07, 6.45) is 3.83. The second-order valence-corrected chi connectivity index (χ2v) is 9.64. The third-order valence-corrected chi connectivity index (χ3v) is 7.30. The Morgan fingerprint density at radius 2 is 1.50 bits per heavy atom. The molecule has 3 heterocycles. The van der Waals surface area contributed by atoms with Gasteiger partial charge >= 0.3 is 5.69 Å². The molecule has 2 saturated heterocycles. The molecule has 5 rings (SSSR count). The van der Waals surface area contributed by atoms with Crippen LogP contribution in [0.3, 0.4) is 0 Å². The number of aromatic nitrogens is 2. The van der Waals surface area contributed by atoms with Gasteiger partial charge in [0.15, 0.2) is 0 Å². The lowest BCUT2D eigenvalue weighted by molar-refractivity contribution is 0.0558. The van der Waals surface area contributed by atoms with Crippen molar-refractivity contribution >= 4 is 40.1 Å². The van der Waals surface area contributed by atoms with Gasteiger partial charge in [0.2, 0.25) is 0 Å². The first-order chi connectivity index (χ1) is 15.5. The number of likely N-dealkylation sites (tertiary alicyclic amines) is 2. The van der Waals surface area contributed by atoms with Crippen molar-refractivity contribution in [2.75, 3.05) is 26.2 Å². The normalized spacial score (nSPS) is 19.0. The molecule has 6 nitrogen and oxygen atoms in total. The molecule has 0 bridgehead atoms. The lowest BCUT2D eigenvalue weighted by Crippen LogP contribution is -2.49. The number of carbonyl (C=O) groups excluding carboxylic acids is 1. The molecule has 2 fully saturated rings. The van der Waals surface area contributed by atoms with Gasteiger partial charge in [0.05, 0.1) is 11.0 Å². The second kappa shape index (κ2) is 8.93. The van der Waals surface area contributed by atoms with Crippen LogP contribution >= 0.6 is 23.2 Å². The maximum Gasteiger partial charge on any atom is 0.326 e. The zero-order chi connectivity index (χ0) is 22.2. The monoisotopic (exact) mass is 472 g/mol. The summed E-state index contributed by atoms with van der Waals surface area (Å²) in [4.78, 5) is 32.8. The average molecular weight is 473 g/mol. The first-order valence-corrected chi connectivity index (χ1v) is 11.9. The molecule has 1 N–H and O–H groups in total. The number of H-pyrrole nitrogens is 1. The molecule has 0 radical (unpaired) electrons. The number of hydrogen-bond acceptors (Lipinski definition) is 3. The highest BCUT2D eigenvalue weighted by atomic mass is 35.5. The molecule has 0 aliphatic carbocycles. The number of nitrogens with zero attached hydrogens (tertiary/aromatic N) is 3. The third kappa shape index (κ3) is 4.19. The van der Waals surface area contributed by atoms with E-state index in [1.165, 1.54) is 0 Å². The number of hydrogen-bond donors (Lipinski definition) is 1. The van der Waals surface area contributed by atoms with Crippen LogP contribution < -0.4 is 5.69 Å². The van der Waals surface area contributed by atoms with Crippen LogP contribution in [0.1, 0.15) is 42.1 Å². The quantitative estimate of drug-likeness (QED) is 0.606. The van der Waals surface area contributed by atoms with Crippen molar-refractivity contribution in [3.63, 3.8) is 0 Å². The van der Waals surface area contributed by atoms with Gasteiger partial charge in [-0.05, 0) is 56.0 Å². The first-order valence-electron chi connectivity index (χ1n) is 11.2. The van der Waals surface area contributed by atoms with Crippen LogP contribution in [0, 0.1) is 0 Å². The van der Waals surface area contributed by atoms with Crippen molar-refractivity contribution in [3.8, 4) is 0 Å². The predicted molar refractivity (Wildman–Crippen MR) is 128 cm³/mol. The maximum atomic E-state index is 12.9. The van der Waals surface area contributed by atoms with E-state index in [-0.39, 0.29) is 17.6 Å². The van der Waals surface area contributed by atoms with E-state index in [1.807, 2.05) is 33.7 Å². The minimum Gasteiger partial charge on any atom is -0.339 e. The van der Waals surface area contributed by atoms with Crippen LogP contribution in [0.4, 0.5) is 0 Å². The largest absolute Gasteiger partial charge is 0.339 e. The minimum absolute atomic E-state index is 0.00901. The van der Waals surface area contributed by atoms with Gasteiger partial charge in [0.25, 0.3) is 5.91 Å². The van der Waals surface area contributed by atoms with E-state index in [1.54, 1.807) is 18.2 Å². The average Bonchev–Trinajstić information content (AvgIpc) is 3.14. The SMILES string of the molecule is O=C(c1cc(Cl)cc(Cl)c1)N1CCC(N2CCC(n3c(=O)[nH]c4ccccc43)CC2)CC1. The number of aromatic amines is 1. The van der Waals surface area contributed by atoms with Gasteiger partial charge in [-0.2, -0.15) is 0 Å². The van der Waals surface area contributed by atoms with Gasteiger partial charge in [-0.1, -0.05) is 35.3 Å². The summed E-state index contributed by atoms with van der Waals surface area (Å²) in [5, 5.41) is 0.959. The van der Waals surface area contributed by atoms with Crippen LogP contribution in [0.25, 0.3) is 11.0 Å². The fourth-order valence-electron chi connectivity index (χ4n) is 5.24. The second-order valence-electron chi connectivity index (χ2n) is 8.77. The molecule has 8 heteroatoms. The van der Waals surface area contributed by atoms with Crippen molar-refractivity contribution in [1.82, 2.24) is 19.4 Å². The molecule has 2 aliphatic rings. The Balaban J connectivity index is 1.18. The van der Waals surface area contributed by atoms with E-state index >= 15 is 0 Å². The van der Waals surface area contributed by atoms with Crippen LogP contribution in [0.15, 0.2) is 47.3 Å². The number of rotatable bonds is 3. The Bertz CT molecular complexity index is 1170. The Morgan fingerprint density at radius 1 is 0.875 bits per heavy atom. The van der Waals surface area contributed by atoms with Crippen LogP contribution in [0.2, 0.25) is 10.0 Å². The standard InChI is InChI=1S/C24H26Cl2N4O2/c25-17-13-16(14-18(26)15-17)23(31)29-11-5-19(6-12-29)28-9-7-20(8-10-28)30-22-4-2-1-3-21(22)27-24(30)32/h1-4,13-15,19-20H,5-12H2,(H,27,32). The van der Waals surface area contributed by atoms with Gasteiger partial charge in [0, 0.05) is 53.9 Å². The highest BCUT2D eigenvalue weighted by molar-refractivity contribution is 6.35. The molecule has 0 spiro atoms. The molecule has 3 aromatic rings. The van der Waals surface area contributed by atoms with E-state index in [9.17, 15) is 9.59 Å². The van der Waals surface area contributed by atoms with Gasteiger partial charge < -0.3 is 14.8 Å². The number of imidazole rings is 1. The van der Waals surface area contributed by atoms with Crippen molar-refractivity contribution in [1.29, 1.82) is 0 Å². The number of fused-ring (bicyclic) bond motifs is 1. The van der Waals surface area contributed by atoms with Crippen molar-refractivity contribution in [3.05, 3.63) is 68.6 Å². The number of para-hydroxylation sites is 2. The summed E-state index contributed by atoms with van der Waals surface area (Å²) in [5.41, 5.74) is 2.42. The molecule has 1 amide bonds. The van der Waals surface area contributed by atoms with Crippen molar-refractivity contribution in [2.24, 2.45) is 0 Å². The number of benzene rings is 2. The number of amides is 1. The van der Waals surface area contributed by atoms with E-state index in [0.717, 1.165) is 62.9 Å². The van der Waals surface area contributed by atoms with Gasteiger partial charge in [0.1, 0.15) is 0 Å². The Hall–Kier alpha value is -2.28. The third-order valence-electron chi connectivity index (χ3n) is 6.87. The van der Waals surface area contributed by atoms with Crippen LogP contribution in [0.5, 0.6) is 0 Å². The summed E-state index contributed by atoms with van der Waals surface area (Å²) in [5.74, 6) is -0.00901. The molecular weight excluding hydrogens is 447 g/mol. The molecular formula is C24H26Cl2N4O2. The molecule has 1 aromatic heterocycles. The lowest BCUT2D eigenvalue weighted by Gasteiger charge is -2.42. The van der Waals surface area contributed by atoms with E-state index < -0.39 is 0 Å². The Kier molecular flexibility index (Phi) is 6.01. The Morgan fingerprint density at radius 3 is 2.19 bits per heavy atom. The minimum atomic E-state index is -0.0161. The van der Waals surface area contributed by atoms with Crippen LogP contribution in [-0.2, 0) is 0 Å². The highest BCUT2D eigenvalue weighted by Crippen LogP contribution is 2.29. The number of halogens is 2. The van der Waals surface area contributed by atoms with Gasteiger partial charge in [-0.3, -0.25) is 9.36 Å². The predicted octanol–water partition coefficient (Wildman–Crippen LogP) is 4.58. The fraction of sp³-hybridized carbons (Fsp3) is 0.417. The molecule has 0 atom stereocenters. The molecule has 32 heavy (non-hydrogen) atoms. The number of nitrogens with one attached hydrogen (secondary N) is 1. The molecule has 168 valence electrons. The Labute approximate surface area is 196 Å². The van der Waals surface area contributed by atoms with Gasteiger partial charge in [-0.15, -0.1) is 0 Å². The fourth-order valence-corrected chi connectivity index (χ4v) is 5.77. The van der Waals surface area contributed by atoms with E-state index in [4.69, 9.17) is 23.2 Å².